The number of benzene rings is 1. The summed E-state index contributed by atoms with van der Waals surface area (Å²) in [5.41, 5.74) is 0.827. The van der Waals surface area contributed by atoms with E-state index in [-0.39, 0.29) is 11.9 Å². The first-order valence-corrected chi connectivity index (χ1v) is 8.32. The first-order chi connectivity index (χ1) is 11.0. The highest BCUT2D eigenvalue weighted by molar-refractivity contribution is 7.17. The third kappa shape index (κ3) is 3.46. The molecule has 0 aliphatic carbocycles. The molecule has 118 valence electrons. The lowest BCUT2D eigenvalue weighted by Gasteiger charge is -2.10. The van der Waals surface area contributed by atoms with Gasteiger partial charge in [-0.25, -0.2) is 4.98 Å². The maximum absolute atomic E-state index is 12.3. The Labute approximate surface area is 143 Å². The molecule has 2 aromatic heterocycles. The maximum atomic E-state index is 12.3. The number of thiazole rings is 1. The fourth-order valence-corrected chi connectivity index (χ4v) is 3.30. The van der Waals surface area contributed by atoms with Crippen molar-refractivity contribution in [1.82, 2.24) is 10.3 Å². The van der Waals surface area contributed by atoms with E-state index in [4.69, 9.17) is 16.0 Å². The van der Waals surface area contributed by atoms with Crippen LogP contribution in [0.4, 0.5) is 0 Å². The van der Waals surface area contributed by atoms with E-state index in [1.54, 1.807) is 12.3 Å². The molecule has 0 bridgehead atoms. The molecule has 1 aromatic carbocycles. The van der Waals surface area contributed by atoms with Gasteiger partial charge in [0.1, 0.15) is 21.4 Å². The third-order valence-electron chi connectivity index (χ3n) is 3.37. The summed E-state index contributed by atoms with van der Waals surface area (Å²) < 4.78 is 5.53. The second kappa shape index (κ2) is 6.56. The van der Waals surface area contributed by atoms with Gasteiger partial charge in [-0.05, 0) is 32.0 Å². The van der Waals surface area contributed by atoms with Gasteiger partial charge < -0.3 is 9.73 Å². The van der Waals surface area contributed by atoms with Gasteiger partial charge >= 0.3 is 0 Å². The molecule has 1 atom stereocenters. The zero-order valence-corrected chi connectivity index (χ0v) is 14.2. The van der Waals surface area contributed by atoms with Crippen LogP contribution < -0.4 is 5.32 Å². The molecule has 2 heterocycles. The van der Waals surface area contributed by atoms with Crippen LogP contribution >= 0.6 is 22.9 Å². The SMILES string of the molecule is Cc1ccc(C(C)NC(=O)c2cnc(-c3ccccc3Cl)s2)o1. The van der Waals surface area contributed by atoms with E-state index in [2.05, 4.69) is 10.3 Å². The van der Waals surface area contributed by atoms with E-state index in [1.165, 1.54) is 11.3 Å². The van der Waals surface area contributed by atoms with E-state index < -0.39 is 0 Å². The zero-order chi connectivity index (χ0) is 16.4. The number of aryl methyl sites for hydroxylation is 1. The summed E-state index contributed by atoms with van der Waals surface area (Å²) in [4.78, 5) is 17.2. The van der Waals surface area contributed by atoms with Crippen molar-refractivity contribution in [3.8, 4) is 10.6 Å². The zero-order valence-electron chi connectivity index (χ0n) is 12.7. The number of nitrogens with zero attached hydrogens (tertiary/aromatic N) is 1. The molecule has 0 fully saturated rings. The van der Waals surface area contributed by atoms with Crippen LogP contribution in [0.25, 0.3) is 10.6 Å². The summed E-state index contributed by atoms with van der Waals surface area (Å²) in [6, 6.07) is 11.0. The van der Waals surface area contributed by atoms with Crippen LogP contribution in [0.5, 0.6) is 0 Å². The van der Waals surface area contributed by atoms with Crippen molar-refractivity contribution < 1.29 is 9.21 Å². The van der Waals surface area contributed by atoms with Gasteiger partial charge in [0.2, 0.25) is 0 Å². The molecule has 23 heavy (non-hydrogen) atoms. The quantitative estimate of drug-likeness (QED) is 0.734. The number of rotatable bonds is 4. The minimum absolute atomic E-state index is 0.178. The molecule has 1 amide bonds. The smallest absolute Gasteiger partial charge is 0.263 e. The van der Waals surface area contributed by atoms with E-state index >= 15 is 0 Å². The number of hydrogen-bond donors (Lipinski definition) is 1. The molecule has 1 N–H and O–H groups in total. The summed E-state index contributed by atoms with van der Waals surface area (Å²) in [6.45, 7) is 3.75. The Morgan fingerprint density at radius 1 is 1.30 bits per heavy atom. The molecule has 0 aliphatic rings. The van der Waals surface area contributed by atoms with Crippen LogP contribution in [0.1, 0.15) is 34.2 Å². The van der Waals surface area contributed by atoms with Gasteiger partial charge in [0.05, 0.1) is 17.3 Å². The van der Waals surface area contributed by atoms with E-state index in [0.29, 0.717) is 9.90 Å². The third-order valence-corrected chi connectivity index (χ3v) is 4.73. The molecule has 3 aromatic rings. The van der Waals surface area contributed by atoms with Gasteiger partial charge in [0.15, 0.2) is 0 Å². The average Bonchev–Trinajstić information content (AvgIpc) is 3.16. The van der Waals surface area contributed by atoms with Crippen LogP contribution in [0, 0.1) is 6.92 Å². The van der Waals surface area contributed by atoms with Crippen LogP contribution in [0.3, 0.4) is 0 Å². The number of hydrogen-bond acceptors (Lipinski definition) is 4. The van der Waals surface area contributed by atoms with Gasteiger partial charge in [-0.2, -0.15) is 0 Å². The molecule has 0 spiro atoms. The maximum Gasteiger partial charge on any atom is 0.263 e. The Hall–Kier alpha value is -2.11. The van der Waals surface area contributed by atoms with E-state index in [9.17, 15) is 4.79 Å². The highest BCUT2D eigenvalue weighted by Gasteiger charge is 2.17. The van der Waals surface area contributed by atoms with Crippen molar-refractivity contribution in [2.24, 2.45) is 0 Å². The van der Waals surface area contributed by atoms with Crippen molar-refractivity contribution in [2.45, 2.75) is 19.9 Å². The summed E-state index contributed by atoms with van der Waals surface area (Å²) in [6.07, 6.45) is 1.57. The summed E-state index contributed by atoms with van der Waals surface area (Å²) in [5, 5.41) is 4.25. The first kappa shape index (κ1) is 15.8. The number of carbonyl (C=O) groups excluding carboxylic acids is 1. The van der Waals surface area contributed by atoms with Gasteiger partial charge in [0.25, 0.3) is 5.91 Å². The predicted octanol–water partition coefficient (Wildman–Crippen LogP) is 4.86. The van der Waals surface area contributed by atoms with Crippen molar-refractivity contribution in [3.63, 3.8) is 0 Å². The summed E-state index contributed by atoms with van der Waals surface area (Å²) in [7, 11) is 0. The highest BCUT2D eigenvalue weighted by atomic mass is 35.5. The Kier molecular flexibility index (Phi) is 4.50. The monoisotopic (exact) mass is 346 g/mol. The molecule has 6 heteroatoms. The highest BCUT2D eigenvalue weighted by Crippen LogP contribution is 2.31. The minimum Gasteiger partial charge on any atom is -0.464 e. The summed E-state index contributed by atoms with van der Waals surface area (Å²) >= 11 is 7.48. The number of furan rings is 1. The fraction of sp³-hybridized carbons (Fsp3) is 0.176. The molecule has 0 aliphatic heterocycles. The van der Waals surface area contributed by atoms with Gasteiger partial charge in [0, 0.05) is 5.56 Å². The molecular weight excluding hydrogens is 332 g/mol. The van der Waals surface area contributed by atoms with Gasteiger partial charge in [-0.1, -0.05) is 29.8 Å². The fourth-order valence-electron chi connectivity index (χ4n) is 2.16. The molecule has 0 saturated heterocycles. The number of amides is 1. The summed E-state index contributed by atoms with van der Waals surface area (Å²) in [5.74, 6) is 1.37. The van der Waals surface area contributed by atoms with E-state index in [0.717, 1.165) is 22.1 Å². The van der Waals surface area contributed by atoms with Crippen LogP contribution in [0.2, 0.25) is 5.02 Å². The Morgan fingerprint density at radius 2 is 2.09 bits per heavy atom. The standard InChI is InChI=1S/C17H15ClN2O2S/c1-10-7-8-14(22-10)11(2)20-16(21)15-9-19-17(23-15)12-5-3-4-6-13(12)18/h3-9,11H,1-2H3,(H,20,21). The van der Waals surface area contributed by atoms with Crippen LogP contribution in [-0.4, -0.2) is 10.9 Å². The number of nitrogens with one attached hydrogen (secondary N) is 1. The molecular formula is C17H15ClN2O2S. The lowest BCUT2D eigenvalue weighted by atomic mass is 10.2. The molecule has 4 nitrogen and oxygen atoms in total. The Morgan fingerprint density at radius 3 is 2.78 bits per heavy atom. The van der Waals surface area contributed by atoms with Gasteiger partial charge in [-0.15, -0.1) is 11.3 Å². The second-order valence-corrected chi connectivity index (χ2v) is 6.59. The number of halogens is 1. The molecule has 3 rings (SSSR count). The first-order valence-electron chi connectivity index (χ1n) is 7.12. The van der Waals surface area contributed by atoms with Crippen molar-refractivity contribution >= 4 is 28.8 Å². The minimum atomic E-state index is -0.206. The number of carbonyl (C=O) groups is 1. The lowest BCUT2D eigenvalue weighted by Crippen LogP contribution is -2.25. The van der Waals surface area contributed by atoms with Crippen molar-refractivity contribution in [3.05, 3.63) is 64.0 Å². The molecule has 0 radical (unpaired) electrons. The Bertz CT molecular complexity index is 840. The normalized spacial score (nSPS) is 12.1. The molecule has 0 saturated carbocycles. The second-order valence-electron chi connectivity index (χ2n) is 5.15. The van der Waals surface area contributed by atoms with E-state index in [1.807, 2.05) is 44.2 Å². The largest absolute Gasteiger partial charge is 0.464 e. The number of aromatic nitrogens is 1. The van der Waals surface area contributed by atoms with Crippen LogP contribution in [0.15, 0.2) is 47.0 Å². The van der Waals surface area contributed by atoms with Crippen molar-refractivity contribution in [2.75, 3.05) is 0 Å². The molecule has 1 unspecified atom stereocenters. The lowest BCUT2D eigenvalue weighted by molar-refractivity contribution is 0.0939. The average molecular weight is 347 g/mol. The predicted molar refractivity (Wildman–Crippen MR) is 91.9 cm³/mol. The topological polar surface area (TPSA) is 55.1 Å². The van der Waals surface area contributed by atoms with Crippen LogP contribution in [-0.2, 0) is 0 Å². The van der Waals surface area contributed by atoms with Gasteiger partial charge in [-0.3, -0.25) is 4.79 Å². The van der Waals surface area contributed by atoms with Crippen molar-refractivity contribution in [1.29, 1.82) is 0 Å². The Balaban J connectivity index is 1.75.